The molecule has 1 aromatic rings. The quantitative estimate of drug-likeness (QED) is 0.775. The van der Waals surface area contributed by atoms with Crippen molar-refractivity contribution in [1.82, 2.24) is 4.90 Å². The van der Waals surface area contributed by atoms with Crippen molar-refractivity contribution in [3.8, 4) is 0 Å². The summed E-state index contributed by atoms with van der Waals surface area (Å²) < 4.78 is 41.2. The molecule has 0 saturated carbocycles. The van der Waals surface area contributed by atoms with E-state index in [0.29, 0.717) is 13.2 Å². The van der Waals surface area contributed by atoms with E-state index in [2.05, 4.69) is 0 Å². The SMILES string of the molecule is COCCN(C)C(=O)c1cc(C)c(F)c(S(=O)(=O)Cl)c1. The van der Waals surface area contributed by atoms with Gasteiger partial charge in [0.2, 0.25) is 0 Å². The highest BCUT2D eigenvalue weighted by atomic mass is 35.7. The highest BCUT2D eigenvalue weighted by Gasteiger charge is 2.22. The summed E-state index contributed by atoms with van der Waals surface area (Å²) in [6.45, 7) is 2.03. The summed E-state index contributed by atoms with van der Waals surface area (Å²) >= 11 is 0. The van der Waals surface area contributed by atoms with Gasteiger partial charge in [0.05, 0.1) is 6.61 Å². The van der Waals surface area contributed by atoms with Crippen LogP contribution < -0.4 is 0 Å². The average molecular weight is 324 g/mol. The number of ether oxygens (including phenoxy) is 1. The van der Waals surface area contributed by atoms with E-state index in [1.54, 1.807) is 0 Å². The van der Waals surface area contributed by atoms with Crippen LogP contribution >= 0.6 is 10.7 Å². The maximum atomic E-state index is 13.7. The van der Waals surface area contributed by atoms with Gasteiger partial charge in [-0.15, -0.1) is 0 Å². The topological polar surface area (TPSA) is 63.7 Å². The molecule has 1 aromatic carbocycles. The largest absolute Gasteiger partial charge is 0.383 e. The molecule has 0 radical (unpaired) electrons. The zero-order valence-electron chi connectivity index (χ0n) is 11.3. The van der Waals surface area contributed by atoms with E-state index < -0.39 is 25.7 Å². The lowest BCUT2D eigenvalue weighted by Gasteiger charge is -2.17. The van der Waals surface area contributed by atoms with Crippen LogP contribution in [0, 0.1) is 12.7 Å². The molecule has 0 unspecified atom stereocenters. The highest BCUT2D eigenvalue weighted by molar-refractivity contribution is 8.13. The molecule has 112 valence electrons. The molecule has 5 nitrogen and oxygen atoms in total. The Kier molecular flexibility index (Phi) is 5.50. The first-order chi connectivity index (χ1) is 9.18. The Bertz CT molecular complexity index is 618. The van der Waals surface area contributed by atoms with Crippen LogP contribution in [0.4, 0.5) is 4.39 Å². The van der Waals surface area contributed by atoms with Crippen LogP contribution in [0.25, 0.3) is 0 Å². The van der Waals surface area contributed by atoms with Crippen molar-refractivity contribution in [3.05, 3.63) is 29.1 Å². The lowest BCUT2D eigenvalue weighted by atomic mass is 10.1. The number of benzene rings is 1. The summed E-state index contributed by atoms with van der Waals surface area (Å²) in [7, 11) is 3.95. The number of aryl methyl sites for hydroxylation is 1. The number of nitrogens with zero attached hydrogens (tertiary/aromatic N) is 1. The molecule has 0 aromatic heterocycles. The van der Waals surface area contributed by atoms with E-state index in [-0.39, 0.29) is 11.1 Å². The molecular weight excluding hydrogens is 309 g/mol. The molecule has 0 N–H and O–H groups in total. The van der Waals surface area contributed by atoms with Gasteiger partial charge in [0, 0.05) is 36.9 Å². The van der Waals surface area contributed by atoms with Gasteiger partial charge in [-0.25, -0.2) is 12.8 Å². The number of hydrogen-bond donors (Lipinski definition) is 0. The monoisotopic (exact) mass is 323 g/mol. The summed E-state index contributed by atoms with van der Waals surface area (Å²) in [6, 6.07) is 2.23. The molecule has 8 heteroatoms. The number of carbonyl (C=O) groups excluding carboxylic acids is 1. The maximum absolute atomic E-state index is 13.7. The minimum atomic E-state index is -4.25. The second-order valence-corrected chi connectivity index (χ2v) is 6.80. The van der Waals surface area contributed by atoms with Crippen molar-refractivity contribution in [3.63, 3.8) is 0 Å². The van der Waals surface area contributed by atoms with Crippen LogP contribution in [0.3, 0.4) is 0 Å². The Hall–Kier alpha value is -1.18. The van der Waals surface area contributed by atoms with E-state index in [1.165, 1.54) is 32.0 Å². The lowest BCUT2D eigenvalue weighted by Crippen LogP contribution is -2.30. The Morgan fingerprint density at radius 1 is 1.45 bits per heavy atom. The van der Waals surface area contributed by atoms with Gasteiger partial charge in [0.1, 0.15) is 10.7 Å². The molecule has 0 spiro atoms. The molecule has 0 aliphatic rings. The van der Waals surface area contributed by atoms with E-state index in [4.69, 9.17) is 15.4 Å². The van der Waals surface area contributed by atoms with Crippen molar-refractivity contribution in [1.29, 1.82) is 0 Å². The van der Waals surface area contributed by atoms with Gasteiger partial charge < -0.3 is 9.64 Å². The summed E-state index contributed by atoms with van der Waals surface area (Å²) in [5.41, 5.74) is 0.0944. The molecule has 0 aliphatic heterocycles. The Balaban J connectivity index is 3.21. The van der Waals surface area contributed by atoms with E-state index in [0.717, 1.165) is 6.07 Å². The number of halogens is 2. The van der Waals surface area contributed by atoms with Gasteiger partial charge in [-0.05, 0) is 24.6 Å². The first-order valence-electron chi connectivity index (χ1n) is 5.67. The fraction of sp³-hybridized carbons (Fsp3) is 0.417. The highest BCUT2D eigenvalue weighted by Crippen LogP contribution is 2.24. The fourth-order valence-corrected chi connectivity index (χ4v) is 2.57. The third-order valence-corrected chi connectivity index (χ3v) is 4.03. The summed E-state index contributed by atoms with van der Waals surface area (Å²) in [5, 5.41) is 0. The third-order valence-electron chi connectivity index (χ3n) is 2.71. The zero-order chi connectivity index (χ0) is 15.5. The molecule has 0 aliphatic carbocycles. The first-order valence-corrected chi connectivity index (χ1v) is 7.98. The second kappa shape index (κ2) is 6.51. The van der Waals surface area contributed by atoms with Gasteiger partial charge in [0.15, 0.2) is 0 Å². The van der Waals surface area contributed by atoms with Crippen LogP contribution in [-0.4, -0.2) is 46.5 Å². The number of likely N-dealkylation sites (N-methyl/N-ethyl adjacent to an activating group) is 1. The smallest absolute Gasteiger partial charge is 0.264 e. The summed E-state index contributed by atoms with van der Waals surface area (Å²) in [4.78, 5) is 12.8. The van der Waals surface area contributed by atoms with Crippen molar-refractivity contribution in [2.45, 2.75) is 11.8 Å². The minimum Gasteiger partial charge on any atom is -0.383 e. The van der Waals surface area contributed by atoms with Gasteiger partial charge in [-0.3, -0.25) is 4.79 Å². The van der Waals surface area contributed by atoms with Crippen molar-refractivity contribution in [2.24, 2.45) is 0 Å². The van der Waals surface area contributed by atoms with E-state index >= 15 is 0 Å². The summed E-state index contributed by atoms with van der Waals surface area (Å²) in [6.07, 6.45) is 0. The number of methoxy groups -OCH3 is 1. The van der Waals surface area contributed by atoms with Gasteiger partial charge in [-0.1, -0.05) is 0 Å². The lowest BCUT2D eigenvalue weighted by molar-refractivity contribution is 0.0744. The number of rotatable bonds is 5. The van der Waals surface area contributed by atoms with Crippen molar-refractivity contribution >= 4 is 25.6 Å². The van der Waals surface area contributed by atoms with Gasteiger partial charge in [0.25, 0.3) is 15.0 Å². The molecule has 1 amide bonds. The van der Waals surface area contributed by atoms with Crippen molar-refractivity contribution < 1.29 is 22.3 Å². The molecule has 0 atom stereocenters. The molecule has 0 bridgehead atoms. The van der Waals surface area contributed by atoms with Gasteiger partial charge in [-0.2, -0.15) is 0 Å². The first kappa shape index (κ1) is 16.9. The predicted molar refractivity (Wildman–Crippen MR) is 73.0 cm³/mol. The second-order valence-electron chi connectivity index (χ2n) is 4.26. The van der Waals surface area contributed by atoms with Crippen LogP contribution in [0.15, 0.2) is 17.0 Å². The molecular formula is C12H15ClFNO4S. The fourth-order valence-electron chi connectivity index (χ4n) is 1.59. The van der Waals surface area contributed by atoms with E-state index in [9.17, 15) is 17.6 Å². The maximum Gasteiger partial charge on any atom is 0.264 e. The Labute approximate surface area is 121 Å². The Morgan fingerprint density at radius 2 is 2.05 bits per heavy atom. The van der Waals surface area contributed by atoms with Crippen molar-refractivity contribution in [2.75, 3.05) is 27.3 Å². The number of hydrogen-bond acceptors (Lipinski definition) is 4. The van der Waals surface area contributed by atoms with Crippen LogP contribution in [0.5, 0.6) is 0 Å². The van der Waals surface area contributed by atoms with Gasteiger partial charge >= 0.3 is 0 Å². The molecule has 20 heavy (non-hydrogen) atoms. The molecule has 1 rings (SSSR count). The van der Waals surface area contributed by atoms with Crippen LogP contribution in [-0.2, 0) is 13.8 Å². The molecule has 0 heterocycles. The number of carbonyl (C=O) groups is 1. The predicted octanol–water partition coefficient (Wildman–Crippen LogP) is 1.78. The normalized spacial score (nSPS) is 11.4. The zero-order valence-corrected chi connectivity index (χ0v) is 12.9. The van der Waals surface area contributed by atoms with Crippen LogP contribution in [0.1, 0.15) is 15.9 Å². The standard InChI is InChI=1S/C12H15ClFNO4S/c1-8-6-9(12(16)15(2)4-5-19-3)7-10(11(8)14)20(13,17)18/h6-7H,4-5H2,1-3H3. The molecule has 0 fully saturated rings. The molecule has 0 saturated heterocycles. The van der Waals surface area contributed by atoms with E-state index in [1.807, 2.05) is 0 Å². The summed E-state index contributed by atoms with van der Waals surface area (Å²) in [5.74, 6) is -1.39. The average Bonchev–Trinajstić information content (AvgIpc) is 2.36. The Morgan fingerprint density at radius 3 is 2.55 bits per heavy atom. The third kappa shape index (κ3) is 3.91. The minimum absolute atomic E-state index is 0.0372. The van der Waals surface area contributed by atoms with Crippen LogP contribution in [0.2, 0.25) is 0 Å². The number of amides is 1.